The first-order valence-corrected chi connectivity index (χ1v) is 5.93. The topological polar surface area (TPSA) is 45.8 Å². The van der Waals surface area contributed by atoms with Crippen LogP contribution in [0.1, 0.15) is 0 Å². The number of hydrogen-bond donors (Lipinski definition) is 1. The Morgan fingerprint density at radius 1 is 1.18 bits per heavy atom. The van der Waals surface area contributed by atoms with E-state index in [0.29, 0.717) is 5.16 Å². The third kappa shape index (κ3) is 2.71. The number of nitrogens with one attached hydrogen (secondary N) is 1. The highest BCUT2D eigenvalue weighted by atomic mass is 32.2. The molecular formula is C11H8F2N2OS. The predicted octanol–water partition coefficient (Wildman–Crippen LogP) is 2.44. The number of aromatic nitrogens is 2. The molecule has 2 rings (SSSR count). The minimum Gasteiger partial charge on any atom is -0.301 e. The second-order valence-corrected chi connectivity index (χ2v) is 4.09. The summed E-state index contributed by atoms with van der Waals surface area (Å²) in [7, 11) is 0. The fourth-order valence-corrected chi connectivity index (χ4v) is 1.77. The summed E-state index contributed by atoms with van der Waals surface area (Å²) in [4.78, 5) is 17.9. The fourth-order valence-electron chi connectivity index (χ4n) is 1.38. The molecule has 88 valence electrons. The summed E-state index contributed by atoms with van der Waals surface area (Å²) >= 11 is 1.25. The lowest BCUT2D eigenvalue weighted by atomic mass is 10.1. The molecule has 1 aromatic heterocycles. The molecule has 0 saturated carbocycles. The zero-order chi connectivity index (χ0) is 12.4. The summed E-state index contributed by atoms with van der Waals surface area (Å²) in [5, 5.41) is 0.400. The standard InChI is InChI=1S/C11H8F2N2OS/c1-17-11-14-9(5-10(16)15-11)6-2-7(12)4-8(13)3-6/h2-5H,1H3,(H,14,15,16). The van der Waals surface area contributed by atoms with Gasteiger partial charge in [0.05, 0.1) is 5.69 Å². The zero-order valence-electron chi connectivity index (χ0n) is 8.83. The van der Waals surface area contributed by atoms with Gasteiger partial charge in [-0.2, -0.15) is 0 Å². The largest absolute Gasteiger partial charge is 0.301 e. The van der Waals surface area contributed by atoms with Crippen molar-refractivity contribution in [2.45, 2.75) is 5.16 Å². The number of benzene rings is 1. The average Bonchev–Trinajstić information content (AvgIpc) is 2.26. The predicted molar refractivity (Wildman–Crippen MR) is 62.0 cm³/mol. The maximum absolute atomic E-state index is 13.0. The highest BCUT2D eigenvalue weighted by Gasteiger charge is 2.07. The molecule has 0 spiro atoms. The average molecular weight is 254 g/mol. The van der Waals surface area contributed by atoms with Gasteiger partial charge < -0.3 is 4.98 Å². The van der Waals surface area contributed by atoms with Gasteiger partial charge in [0.15, 0.2) is 5.16 Å². The second-order valence-electron chi connectivity index (χ2n) is 3.30. The van der Waals surface area contributed by atoms with Gasteiger partial charge in [-0.25, -0.2) is 13.8 Å². The lowest BCUT2D eigenvalue weighted by Gasteiger charge is -2.03. The smallest absolute Gasteiger partial charge is 0.252 e. The minimum atomic E-state index is -0.701. The number of aromatic amines is 1. The number of hydrogen-bond acceptors (Lipinski definition) is 3. The van der Waals surface area contributed by atoms with E-state index in [9.17, 15) is 13.6 Å². The van der Waals surface area contributed by atoms with Gasteiger partial charge in [0.2, 0.25) is 0 Å². The van der Waals surface area contributed by atoms with E-state index in [1.165, 1.54) is 17.8 Å². The Morgan fingerprint density at radius 2 is 1.82 bits per heavy atom. The lowest BCUT2D eigenvalue weighted by molar-refractivity contribution is 0.584. The number of halogens is 2. The van der Waals surface area contributed by atoms with Gasteiger partial charge in [0.1, 0.15) is 11.6 Å². The van der Waals surface area contributed by atoms with Crippen molar-refractivity contribution in [3.8, 4) is 11.3 Å². The lowest BCUT2D eigenvalue weighted by Crippen LogP contribution is -2.07. The highest BCUT2D eigenvalue weighted by molar-refractivity contribution is 7.98. The van der Waals surface area contributed by atoms with Crippen molar-refractivity contribution in [2.24, 2.45) is 0 Å². The zero-order valence-corrected chi connectivity index (χ0v) is 9.65. The molecule has 3 nitrogen and oxygen atoms in total. The molecule has 1 heterocycles. The van der Waals surface area contributed by atoms with Crippen LogP contribution in [0.3, 0.4) is 0 Å². The molecule has 1 N–H and O–H groups in total. The Morgan fingerprint density at radius 3 is 2.41 bits per heavy atom. The summed E-state index contributed by atoms with van der Waals surface area (Å²) in [6, 6.07) is 4.24. The van der Waals surface area contributed by atoms with Crippen molar-refractivity contribution in [1.29, 1.82) is 0 Å². The van der Waals surface area contributed by atoms with Gasteiger partial charge in [-0.1, -0.05) is 11.8 Å². The molecule has 0 unspecified atom stereocenters. The third-order valence-electron chi connectivity index (χ3n) is 2.07. The Bertz CT molecular complexity index is 592. The molecule has 6 heteroatoms. The maximum atomic E-state index is 13.0. The molecule has 0 radical (unpaired) electrons. The molecular weight excluding hydrogens is 246 g/mol. The summed E-state index contributed by atoms with van der Waals surface area (Å²) in [5.41, 5.74) is 0.129. The van der Waals surface area contributed by atoms with E-state index in [0.717, 1.165) is 18.2 Å². The molecule has 0 amide bonds. The number of H-pyrrole nitrogens is 1. The SMILES string of the molecule is CSc1nc(-c2cc(F)cc(F)c2)cc(=O)[nH]1. The van der Waals surface area contributed by atoms with Crippen molar-refractivity contribution in [3.05, 3.63) is 46.3 Å². The van der Waals surface area contributed by atoms with E-state index in [1.54, 1.807) is 6.26 Å². The number of thioether (sulfide) groups is 1. The Labute approximate surface area is 99.9 Å². The normalized spacial score (nSPS) is 10.5. The van der Waals surface area contributed by atoms with Crippen LogP contribution in [0.15, 0.2) is 34.2 Å². The van der Waals surface area contributed by atoms with Crippen molar-refractivity contribution in [2.75, 3.05) is 6.26 Å². The van der Waals surface area contributed by atoms with Gasteiger partial charge in [0, 0.05) is 17.7 Å². The van der Waals surface area contributed by atoms with Crippen LogP contribution >= 0.6 is 11.8 Å². The van der Waals surface area contributed by atoms with Crippen LogP contribution < -0.4 is 5.56 Å². The summed E-state index contributed by atoms with van der Waals surface area (Å²) < 4.78 is 26.1. The first-order valence-electron chi connectivity index (χ1n) is 4.70. The maximum Gasteiger partial charge on any atom is 0.252 e. The molecule has 17 heavy (non-hydrogen) atoms. The molecule has 0 atom stereocenters. The van der Waals surface area contributed by atoms with Crippen molar-refractivity contribution >= 4 is 11.8 Å². The molecule has 0 saturated heterocycles. The molecule has 1 aromatic carbocycles. The Kier molecular flexibility index (Phi) is 3.23. The molecule has 0 aliphatic carbocycles. The van der Waals surface area contributed by atoms with E-state index in [4.69, 9.17) is 0 Å². The second kappa shape index (κ2) is 4.67. The molecule has 0 bridgehead atoms. The molecule has 2 aromatic rings. The van der Waals surface area contributed by atoms with Crippen LogP contribution in [0.2, 0.25) is 0 Å². The van der Waals surface area contributed by atoms with E-state index >= 15 is 0 Å². The minimum absolute atomic E-state index is 0.240. The van der Waals surface area contributed by atoms with Crippen molar-refractivity contribution < 1.29 is 8.78 Å². The van der Waals surface area contributed by atoms with Gasteiger partial charge in [-0.15, -0.1) is 0 Å². The summed E-state index contributed by atoms with van der Waals surface area (Å²) in [6.07, 6.45) is 1.74. The van der Waals surface area contributed by atoms with Crippen LogP contribution in [0.5, 0.6) is 0 Å². The molecule has 0 fully saturated rings. The Balaban J connectivity index is 2.59. The van der Waals surface area contributed by atoms with Crippen molar-refractivity contribution in [1.82, 2.24) is 9.97 Å². The number of rotatable bonds is 2. The summed E-state index contributed by atoms with van der Waals surface area (Å²) in [5.74, 6) is -1.40. The molecule has 0 aliphatic heterocycles. The fraction of sp³-hybridized carbons (Fsp3) is 0.0909. The van der Waals surface area contributed by atoms with Crippen LogP contribution in [0.4, 0.5) is 8.78 Å². The van der Waals surface area contributed by atoms with E-state index < -0.39 is 11.6 Å². The van der Waals surface area contributed by atoms with Crippen LogP contribution in [0.25, 0.3) is 11.3 Å². The first kappa shape index (κ1) is 11.8. The van der Waals surface area contributed by atoms with Crippen LogP contribution in [-0.2, 0) is 0 Å². The first-order chi connectivity index (χ1) is 8.08. The van der Waals surface area contributed by atoms with Gasteiger partial charge in [0.25, 0.3) is 5.56 Å². The molecule has 0 aliphatic rings. The van der Waals surface area contributed by atoms with Gasteiger partial charge in [-0.05, 0) is 18.4 Å². The van der Waals surface area contributed by atoms with Crippen LogP contribution in [0, 0.1) is 11.6 Å². The van der Waals surface area contributed by atoms with Crippen LogP contribution in [-0.4, -0.2) is 16.2 Å². The highest BCUT2D eigenvalue weighted by Crippen LogP contribution is 2.20. The van der Waals surface area contributed by atoms with Crippen molar-refractivity contribution in [3.63, 3.8) is 0 Å². The van der Waals surface area contributed by atoms with E-state index in [2.05, 4.69) is 9.97 Å². The third-order valence-corrected chi connectivity index (χ3v) is 2.65. The van der Waals surface area contributed by atoms with E-state index in [1.807, 2.05) is 0 Å². The quantitative estimate of drug-likeness (QED) is 0.661. The van der Waals surface area contributed by atoms with Gasteiger partial charge in [-0.3, -0.25) is 4.79 Å². The number of nitrogens with zero attached hydrogens (tertiary/aromatic N) is 1. The van der Waals surface area contributed by atoms with E-state index in [-0.39, 0.29) is 16.8 Å². The Hall–Kier alpha value is -1.69. The van der Waals surface area contributed by atoms with Gasteiger partial charge >= 0.3 is 0 Å². The monoisotopic (exact) mass is 254 g/mol. The summed E-state index contributed by atoms with van der Waals surface area (Å²) in [6.45, 7) is 0.